The van der Waals surface area contributed by atoms with Gasteiger partial charge < -0.3 is 10.1 Å². The molecule has 0 amide bonds. The fourth-order valence-corrected chi connectivity index (χ4v) is 2.02. The number of Topliss-reactive ketones (excluding diaryl/α,β-unsaturated/α-hetero) is 1. The van der Waals surface area contributed by atoms with Crippen LogP contribution < -0.4 is 0 Å². The number of hydrogen-bond donors (Lipinski definition) is 2. The first-order valence-electron chi connectivity index (χ1n) is 4.84. The Morgan fingerprint density at radius 1 is 1.33 bits per heavy atom. The summed E-state index contributed by atoms with van der Waals surface area (Å²) in [6.07, 6.45) is 0. The number of carbonyl (C=O) groups is 1. The van der Waals surface area contributed by atoms with Gasteiger partial charge in [-0.25, -0.2) is 0 Å². The molecule has 0 bridgehead atoms. The van der Waals surface area contributed by atoms with E-state index in [1.807, 2.05) is 19.9 Å². The largest absolute Gasteiger partial charge is 0.506 e. The molecule has 3 nitrogen and oxygen atoms in total. The Hall–Kier alpha value is -1.77. The molecule has 0 unspecified atom stereocenters. The van der Waals surface area contributed by atoms with Gasteiger partial charge in [-0.15, -0.1) is 0 Å². The van der Waals surface area contributed by atoms with E-state index in [4.69, 9.17) is 0 Å². The topological polar surface area (TPSA) is 53.1 Å². The van der Waals surface area contributed by atoms with Gasteiger partial charge >= 0.3 is 0 Å². The summed E-state index contributed by atoms with van der Waals surface area (Å²) < 4.78 is 0. The smallest absolute Gasteiger partial charge is 0.162 e. The number of carbonyl (C=O) groups excluding carboxylic acids is 1. The molecule has 0 saturated carbocycles. The number of rotatable bonds is 1. The van der Waals surface area contributed by atoms with Crippen molar-refractivity contribution in [1.82, 2.24) is 4.98 Å². The van der Waals surface area contributed by atoms with Crippen molar-refractivity contribution < 1.29 is 9.90 Å². The van der Waals surface area contributed by atoms with Crippen LogP contribution in [-0.2, 0) is 0 Å². The van der Waals surface area contributed by atoms with E-state index in [1.54, 1.807) is 13.0 Å². The number of aromatic hydroxyl groups is 1. The molecular weight excluding hydrogens is 190 g/mol. The van der Waals surface area contributed by atoms with Gasteiger partial charge in [0.1, 0.15) is 5.75 Å². The highest BCUT2D eigenvalue weighted by atomic mass is 16.3. The first-order chi connectivity index (χ1) is 7.02. The lowest BCUT2D eigenvalue weighted by Crippen LogP contribution is -1.93. The summed E-state index contributed by atoms with van der Waals surface area (Å²) in [6.45, 7) is 5.32. The van der Waals surface area contributed by atoms with Crippen LogP contribution in [0.2, 0.25) is 0 Å². The van der Waals surface area contributed by atoms with Gasteiger partial charge in [0.25, 0.3) is 0 Å². The van der Waals surface area contributed by atoms with Crippen LogP contribution in [-0.4, -0.2) is 15.9 Å². The van der Waals surface area contributed by atoms with Gasteiger partial charge in [0.05, 0.1) is 5.52 Å². The Bertz CT molecular complexity index is 552. The molecule has 0 spiro atoms. The molecule has 0 saturated heterocycles. The second kappa shape index (κ2) is 3.12. The minimum atomic E-state index is 0.0208. The van der Waals surface area contributed by atoms with Gasteiger partial charge in [-0.05, 0) is 32.4 Å². The Kier molecular flexibility index (Phi) is 2.03. The third-order valence-electron chi connectivity index (χ3n) is 2.68. The molecule has 2 rings (SSSR count). The van der Waals surface area contributed by atoms with Crippen LogP contribution in [0.4, 0.5) is 0 Å². The minimum absolute atomic E-state index is 0.0208. The lowest BCUT2D eigenvalue weighted by atomic mass is 10.0. The summed E-state index contributed by atoms with van der Waals surface area (Å²) in [4.78, 5) is 14.5. The minimum Gasteiger partial charge on any atom is -0.506 e. The molecule has 0 fully saturated rings. The lowest BCUT2D eigenvalue weighted by molar-refractivity contribution is 0.101. The van der Waals surface area contributed by atoms with E-state index >= 15 is 0 Å². The zero-order valence-corrected chi connectivity index (χ0v) is 9.01. The maximum atomic E-state index is 11.5. The number of aromatic amines is 1. The Labute approximate surface area is 87.7 Å². The van der Waals surface area contributed by atoms with Gasteiger partial charge in [0, 0.05) is 16.6 Å². The number of aromatic nitrogens is 1. The third kappa shape index (κ3) is 1.31. The highest BCUT2D eigenvalue weighted by Gasteiger charge is 2.16. The molecule has 1 aromatic carbocycles. The number of phenolic OH excluding ortho intramolecular Hbond substituents is 1. The summed E-state index contributed by atoms with van der Waals surface area (Å²) in [6, 6.07) is 3.45. The van der Waals surface area contributed by atoms with Crippen LogP contribution >= 0.6 is 0 Å². The number of aryl methyl sites for hydroxylation is 2. The molecule has 0 aliphatic heterocycles. The normalized spacial score (nSPS) is 10.9. The SMILES string of the molecule is CC(=O)c1c(C)[nH]c2c(O)ccc(C)c12. The Morgan fingerprint density at radius 2 is 2.00 bits per heavy atom. The highest BCUT2D eigenvalue weighted by molar-refractivity contribution is 6.10. The lowest BCUT2D eigenvalue weighted by Gasteiger charge is -2.00. The predicted molar refractivity (Wildman–Crippen MR) is 59.4 cm³/mol. The van der Waals surface area contributed by atoms with Crippen LogP contribution in [0.5, 0.6) is 5.75 Å². The molecule has 78 valence electrons. The fourth-order valence-electron chi connectivity index (χ4n) is 2.02. The standard InChI is InChI=1S/C12H13NO2/c1-6-4-5-9(15)12-10(6)11(8(3)14)7(2)13-12/h4-5,13,15H,1-3H3. The predicted octanol–water partition coefficient (Wildman–Crippen LogP) is 2.69. The van der Waals surface area contributed by atoms with E-state index in [9.17, 15) is 9.90 Å². The zero-order chi connectivity index (χ0) is 11.2. The monoisotopic (exact) mass is 203 g/mol. The second-order valence-electron chi connectivity index (χ2n) is 3.83. The third-order valence-corrected chi connectivity index (χ3v) is 2.68. The van der Waals surface area contributed by atoms with Gasteiger partial charge in [0.15, 0.2) is 5.78 Å². The van der Waals surface area contributed by atoms with Crippen molar-refractivity contribution in [2.75, 3.05) is 0 Å². The fraction of sp³-hybridized carbons (Fsp3) is 0.250. The second-order valence-corrected chi connectivity index (χ2v) is 3.83. The highest BCUT2D eigenvalue weighted by Crippen LogP contribution is 2.31. The number of benzene rings is 1. The average molecular weight is 203 g/mol. The summed E-state index contributed by atoms with van der Waals surface area (Å²) in [5.74, 6) is 0.207. The van der Waals surface area contributed by atoms with Crippen LogP contribution in [0, 0.1) is 13.8 Å². The number of hydrogen-bond acceptors (Lipinski definition) is 2. The molecule has 0 aliphatic rings. The molecule has 0 radical (unpaired) electrons. The summed E-state index contributed by atoms with van der Waals surface area (Å²) >= 11 is 0. The molecule has 15 heavy (non-hydrogen) atoms. The van der Waals surface area contributed by atoms with E-state index in [0.717, 1.165) is 16.6 Å². The van der Waals surface area contributed by atoms with Crippen LogP contribution in [0.3, 0.4) is 0 Å². The first-order valence-corrected chi connectivity index (χ1v) is 4.84. The van der Waals surface area contributed by atoms with Crippen molar-refractivity contribution in [3.8, 4) is 5.75 Å². The van der Waals surface area contributed by atoms with Crippen molar-refractivity contribution in [2.24, 2.45) is 0 Å². The molecule has 3 heteroatoms. The van der Waals surface area contributed by atoms with E-state index in [2.05, 4.69) is 4.98 Å². The summed E-state index contributed by atoms with van der Waals surface area (Å²) in [5, 5.41) is 10.5. The Morgan fingerprint density at radius 3 is 2.60 bits per heavy atom. The molecule has 0 aliphatic carbocycles. The molecule has 1 aromatic heterocycles. The zero-order valence-electron chi connectivity index (χ0n) is 9.01. The van der Waals surface area contributed by atoms with Crippen molar-refractivity contribution in [2.45, 2.75) is 20.8 Å². The average Bonchev–Trinajstić information content (AvgIpc) is 2.50. The maximum absolute atomic E-state index is 11.5. The molecule has 2 aromatic rings. The summed E-state index contributed by atoms with van der Waals surface area (Å²) in [7, 11) is 0. The van der Waals surface area contributed by atoms with Crippen molar-refractivity contribution in [3.05, 3.63) is 29.0 Å². The van der Waals surface area contributed by atoms with E-state index < -0.39 is 0 Å². The molecule has 1 heterocycles. The number of fused-ring (bicyclic) bond motifs is 1. The van der Waals surface area contributed by atoms with E-state index in [1.165, 1.54) is 0 Å². The van der Waals surface area contributed by atoms with Crippen molar-refractivity contribution in [3.63, 3.8) is 0 Å². The Balaban J connectivity index is 2.98. The molecular formula is C12H13NO2. The maximum Gasteiger partial charge on any atom is 0.162 e. The van der Waals surface area contributed by atoms with Gasteiger partial charge in [-0.3, -0.25) is 4.79 Å². The molecule has 2 N–H and O–H groups in total. The quantitative estimate of drug-likeness (QED) is 0.700. The number of phenols is 1. The van der Waals surface area contributed by atoms with Gasteiger partial charge in [-0.1, -0.05) is 6.07 Å². The van der Waals surface area contributed by atoms with Gasteiger partial charge in [-0.2, -0.15) is 0 Å². The van der Waals surface area contributed by atoms with Crippen LogP contribution in [0.15, 0.2) is 12.1 Å². The van der Waals surface area contributed by atoms with E-state index in [-0.39, 0.29) is 11.5 Å². The van der Waals surface area contributed by atoms with Crippen LogP contribution in [0.1, 0.15) is 28.5 Å². The number of ketones is 1. The number of nitrogens with one attached hydrogen (secondary N) is 1. The van der Waals surface area contributed by atoms with Crippen molar-refractivity contribution in [1.29, 1.82) is 0 Å². The van der Waals surface area contributed by atoms with Gasteiger partial charge in [0.2, 0.25) is 0 Å². The van der Waals surface area contributed by atoms with Crippen molar-refractivity contribution >= 4 is 16.7 Å². The van der Waals surface area contributed by atoms with E-state index in [0.29, 0.717) is 11.1 Å². The summed E-state index contributed by atoms with van der Waals surface area (Å²) in [5.41, 5.74) is 3.13. The number of H-pyrrole nitrogens is 1. The van der Waals surface area contributed by atoms with Crippen LogP contribution in [0.25, 0.3) is 10.9 Å². The first kappa shape index (κ1) is 9.77. The molecule has 0 atom stereocenters.